The summed E-state index contributed by atoms with van der Waals surface area (Å²) in [6.45, 7) is 7.78. The predicted molar refractivity (Wildman–Crippen MR) is 195 cm³/mol. The molecule has 0 fully saturated rings. The number of benzene rings is 2. The van der Waals surface area contributed by atoms with E-state index in [1.54, 1.807) is 12.4 Å². The maximum atomic E-state index is 14.1. The van der Waals surface area contributed by atoms with Crippen molar-refractivity contribution in [3.8, 4) is 6.07 Å². The summed E-state index contributed by atoms with van der Waals surface area (Å²) in [4.78, 5) is 8.86. The molecule has 256 valence electrons. The minimum Gasteiger partial charge on any atom is -0.286 e. The fourth-order valence-electron chi connectivity index (χ4n) is 5.78. The summed E-state index contributed by atoms with van der Waals surface area (Å²) in [5, 5.41) is 16.6. The van der Waals surface area contributed by atoms with E-state index in [0.717, 1.165) is 21.8 Å². The second-order valence-electron chi connectivity index (χ2n) is 12.7. The molecule has 0 aliphatic carbocycles. The lowest BCUT2D eigenvalue weighted by Crippen LogP contribution is -2.65. The van der Waals surface area contributed by atoms with Crippen molar-refractivity contribution in [1.82, 2.24) is 20.6 Å². The second kappa shape index (κ2) is 17.5. The number of nitrogens with zero attached hydrogens (tertiary/aromatic N) is 3. The lowest BCUT2D eigenvalue weighted by Gasteiger charge is -2.40. The molecule has 13 heteroatoms. The molecule has 4 rings (SSSR count). The van der Waals surface area contributed by atoms with Crippen LogP contribution in [0, 0.1) is 23.2 Å². The number of rotatable bonds is 16. The van der Waals surface area contributed by atoms with Gasteiger partial charge in [0.1, 0.15) is 5.37 Å². The van der Waals surface area contributed by atoms with E-state index in [9.17, 15) is 22.1 Å². The number of para-hydroxylation sites is 2. The van der Waals surface area contributed by atoms with Crippen LogP contribution in [0.5, 0.6) is 0 Å². The second-order valence-corrected chi connectivity index (χ2v) is 17.0. The predicted octanol–water partition coefficient (Wildman–Crippen LogP) is 6.36. The number of hydrogen-bond acceptors (Lipinski definition) is 9. The summed E-state index contributed by atoms with van der Waals surface area (Å²) in [5.41, 5.74) is 1.27. The summed E-state index contributed by atoms with van der Waals surface area (Å²) >= 11 is 0. The van der Waals surface area contributed by atoms with E-state index < -0.39 is 36.5 Å². The molecule has 47 heavy (non-hydrogen) atoms. The lowest BCUT2D eigenvalue weighted by molar-refractivity contribution is 0.231. The van der Waals surface area contributed by atoms with Gasteiger partial charge >= 0.3 is 0 Å². The first-order chi connectivity index (χ1) is 21.3. The van der Waals surface area contributed by atoms with Gasteiger partial charge in [0, 0.05) is 23.2 Å². The third kappa shape index (κ3) is 11.7. The molecule has 2 heterocycles. The first-order valence-corrected chi connectivity index (χ1v) is 18.8. The van der Waals surface area contributed by atoms with Crippen LogP contribution in [0.3, 0.4) is 0 Å². The van der Waals surface area contributed by atoms with Crippen molar-refractivity contribution in [2.75, 3.05) is 12.3 Å². The normalized spacial score (nSPS) is 13.9. The fraction of sp³-hybridized carbons (Fsp3) is 0.441. The van der Waals surface area contributed by atoms with Crippen LogP contribution in [0.2, 0.25) is 0 Å². The quantitative estimate of drug-likeness (QED) is 0.0998. The van der Waals surface area contributed by atoms with Crippen LogP contribution in [0.1, 0.15) is 58.1 Å². The molecule has 0 saturated heterocycles. The minimum absolute atomic E-state index is 0. The average molecular weight is 723 g/mol. The molecule has 0 amide bonds. The maximum Gasteiger partial charge on any atom is 0.170 e. The van der Waals surface area contributed by atoms with Crippen LogP contribution >= 0.6 is 24.8 Å². The Balaban J connectivity index is 0.00000384. The SMILES string of the molecule is CC(C)CC[C@@H](N[C@@](CC(C)C)(CS(=O)(=O)Cc1cnc2ccccc2c1)NCC#N)S(=O)(=O)Cc1cnc2ccccc2c1.Cl.Cl. The Morgan fingerprint density at radius 3 is 1.83 bits per heavy atom. The van der Waals surface area contributed by atoms with E-state index in [-0.39, 0.29) is 67.5 Å². The molecule has 0 spiro atoms. The van der Waals surface area contributed by atoms with Gasteiger partial charge in [-0.2, -0.15) is 5.26 Å². The Bertz CT molecular complexity index is 1880. The monoisotopic (exact) mass is 721 g/mol. The van der Waals surface area contributed by atoms with Crippen LogP contribution in [0.15, 0.2) is 73.1 Å². The van der Waals surface area contributed by atoms with Crippen LogP contribution in [0.25, 0.3) is 21.8 Å². The van der Waals surface area contributed by atoms with Crippen molar-refractivity contribution in [2.45, 2.75) is 69.5 Å². The molecule has 0 aliphatic rings. The highest BCUT2D eigenvalue weighted by Crippen LogP contribution is 2.26. The molecule has 0 bridgehead atoms. The minimum atomic E-state index is -3.85. The van der Waals surface area contributed by atoms with Gasteiger partial charge in [-0.15, -0.1) is 24.8 Å². The first-order valence-electron chi connectivity index (χ1n) is 15.3. The van der Waals surface area contributed by atoms with E-state index in [2.05, 4.69) is 26.7 Å². The van der Waals surface area contributed by atoms with E-state index in [0.29, 0.717) is 17.5 Å². The summed E-state index contributed by atoms with van der Waals surface area (Å²) in [7, 11) is -7.67. The number of aromatic nitrogens is 2. The Morgan fingerprint density at radius 1 is 0.787 bits per heavy atom. The van der Waals surface area contributed by atoms with Gasteiger partial charge in [-0.25, -0.2) is 16.8 Å². The van der Waals surface area contributed by atoms with Crippen LogP contribution in [-0.2, 0) is 31.2 Å². The number of sulfone groups is 2. The molecular weight excluding hydrogens is 677 g/mol. The molecular formula is C34H45Cl2N5O4S2. The van der Waals surface area contributed by atoms with E-state index >= 15 is 0 Å². The van der Waals surface area contributed by atoms with Crippen molar-refractivity contribution in [3.63, 3.8) is 0 Å². The van der Waals surface area contributed by atoms with E-state index in [1.165, 1.54) is 0 Å². The van der Waals surface area contributed by atoms with Gasteiger partial charge in [-0.05, 0) is 66.5 Å². The molecule has 0 aliphatic heterocycles. The van der Waals surface area contributed by atoms with Gasteiger partial charge < -0.3 is 0 Å². The van der Waals surface area contributed by atoms with Crippen LogP contribution < -0.4 is 10.6 Å². The first kappa shape index (κ1) is 40.3. The summed E-state index contributed by atoms with van der Waals surface area (Å²) in [5.74, 6) is -0.724. The Hall–Kier alpha value is -2.85. The Labute approximate surface area is 291 Å². The number of fused-ring (bicyclic) bond motifs is 2. The van der Waals surface area contributed by atoms with Crippen molar-refractivity contribution in [1.29, 1.82) is 5.26 Å². The lowest BCUT2D eigenvalue weighted by atomic mass is 9.98. The molecule has 4 aromatic rings. The van der Waals surface area contributed by atoms with Crippen molar-refractivity contribution in [2.24, 2.45) is 11.8 Å². The summed E-state index contributed by atoms with van der Waals surface area (Å²) in [6.07, 6.45) is 4.32. The Morgan fingerprint density at radius 2 is 1.32 bits per heavy atom. The highest BCUT2D eigenvalue weighted by molar-refractivity contribution is 7.91. The zero-order chi connectivity index (χ0) is 32.7. The van der Waals surface area contributed by atoms with Gasteiger partial charge in [0.15, 0.2) is 19.7 Å². The zero-order valence-electron chi connectivity index (χ0n) is 27.2. The van der Waals surface area contributed by atoms with Crippen LogP contribution in [0.4, 0.5) is 0 Å². The Kier molecular flexibility index (Phi) is 15.0. The number of nitrogens with one attached hydrogen (secondary N) is 2. The molecule has 0 unspecified atom stereocenters. The molecule has 9 nitrogen and oxygen atoms in total. The topological polar surface area (TPSA) is 142 Å². The third-order valence-corrected chi connectivity index (χ3v) is 11.3. The number of nitriles is 1. The van der Waals surface area contributed by atoms with Gasteiger partial charge in [0.25, 0.3) is 0 Å². The van der Waals surface area contributed by atoms with Crippen molar-refractivity contribution in [3.05, 3.63) is 84.2 Å². The summed E-state index contributed by atoms with van der Waals surface area (Å²) in [6, 6.07) is 20.7. The number of halogens is 2. The number of hydrogen-bond donors (Lipinski definition) is 2. The van der Waals surface area contributed by atoms with Crippen molar-refractivity contribution < 1.29 is 16.8 Å². The maximum absolute atomic E-state index is 14.1. The molecule has 0 saturated carbocycles. The molecule has 0 radical (unpaired) electrons. The molecule has 2 atom stereocenters. The smallest absolute Gasteiger partial charge is 0.170 e. The van der Waals surface area contributed by atoms with Crippen molar-refractivity contribution >= 4 is 66.3 Å². The highest BCUT2D eigenvalue weighted by Gasteiger charge is 2.41. The van der Waals surface area contributed by atoms with E-state index in [4.69, 9.17) is 0 Å². The number of pyridine rings is 2. The van der Waals surface area contributed by atoms with E-state index in [1.807, 2.05) is 88.4 Å². The largest absolute Gasteiger partial charge is 0.286 e. The fourth-order valence-corrected chi connectivity index (χ4v) is 9.32. The summed E-state index contributed by atoms with van der Waals surface area (Å²) < 4.78 is 56.0. The highest BCUT2D eigenvalue weighted by atomic mass is 35.5. The zero-order valence-corrected chi connectivity index (χ0v) is 30.5. The van der Waals surface area contributed by atoms with Crippen LogP contribution in [-0.4, -0.2) is 50.1 Å². The van der Waals surface area contributed by atoms with Gasteiger partial charge in [-0.1, -0.05) is 64.1 Å². The average Bonchev–Trinajstić information content (AvgIpc) is 2.97. The van der Waals surface area contributed by atoms with Gasteiger partial charge in [-0.3, -0.25) is 20.6 Å². The van der Waals surface area contributed by atoms with Gasteiger partial charge in [0.2, 0.25) is 0 Å². The molecule has 2 aromatic heterocycles. The standard InChI is InChI=1S/C34H43N5O4S2.2ClH/c1-25(2)13-14-33(45(42,43)23-28-18-30-10-6-8-12-32(30)37-21-28)39-34(19-26(3)4,38-16-15-35)24-44(40,41)22-27-17-29-9-5-7-11-31(29)36-20-27;;/h5-12,17-18,20-21,25-26,33,38-39H,13-14,16,19,22-24H2,1-4H3;2*1H/t33-,34-;;/m0../s1. The molecule has 2 N–H and O–H groups in total. The van der Waals surface area contributed by atoms with Gasteiger partial charge in [0.05, 0.1) is 46.6 Å². The third-order valence-electron chi connectivity index (χ3n) is 7.65. The molecule has 2 aromatic carbocycles.